The van der Waals surface area contributed by atoms with Crippen LogP contribution in [0.2, 0.25) is 0 Å². The van der Waals surface area contributed by atoms with E-state index in [1.165, 1.54) is 7.11 Å². The van der Waals surface area contributed by atoms with E-state index in [2.05, 4.69) is 39.5 Å². The molecule has 0 saturated heterocycles. The second kappa shape index (κ2) is 7.93. The Bertz CT molecular complexity index is 1100. The monoisotopic (exact) mass is 509 g/mol. The van der Waals surface area contributed by atoms with Gasteiger partial charge in [-0.15, -0.1) is 0 Å². The normalized spacial score (nSPS) is 49.8. The molecule has 5 aliphatic carbocycles. The molecule has 0 aliphatic heterocycles. The van der Waals surface area contributed by atoms with E-state index in [9.17, 15) is 14.7 Å². The number of hydrogen-bond acceptors (Lipinski definition) is 4. The van der Waals surface area contributed by atoms with E-state index in [4.69, 9.17) is 11.3 Å². The second-order valence-electron chi connectivity index (χ2n) is 15.5. The van der Waals surface area contributed by atoms with Gasteiger partial charge in [-0.3, -0.25) is 4.79 Å². The van der Waals surface area contributed by atoms with E-state index >= 15 is 0 Å². The first-order chi connectivity index (χ1) is 17.0. The first kappa shape index (κ1) is 26.9. The lowest BCUT2D eigenvalue weighted by molar-refractivity contribution is -0.260. The molecule has 9 atom stereocenters. The summed E-state index contributed by atoms with van der Waals surface area (Å²) in [6.07, 6.45) is 8.58. The summed E-state index contributed by atoms with van der Waals surface area (Å²) in [6, 6.07) is 0. The minimum atomic E-state index is -0.590. The predicted molar refractivity (Wildman–Crippen MR) is 143 cm³/mol. The third kappa shape index (κ3) is 3.23. The van der Waals surface area contributed by atoms with Crippen molar-refractivity contribution in [1.82, 2.24) is 0 Å². The molecule has 0 amide bonds. The van der Waals surface area contributed by atoms with Gasteiger partial charge < -0.3 is 14.6 Å². The minimum Gasteiger partial charge on any atom is -0.469 e. The molecule has 4 saturated carbocycles. The van der Waals surface area contributed by atoms with Crippen molar-refractivity contribution in [3.63, 3.8) is 0 Å². The van der Waals surface area contributed by atoms with Gasteiger partial charge in [0.05, 0.1) is 25.2 Å². The van der Waals surface area contributed by atoms with E-state index in [-0.39, 0.29) is 62.8 Å². The van der Waals surface area contributed by atoms with Crippen molar-refractivity contribution < 1.29 is 19.4 Å². The fourth-order valence-electron chi connectivity index (χ4n) is 11.1. The fourth-order valence-corrected chi connectivity index (χ4v) is 11.1. The molecule has 0 spiro atoms. The molecule has 5 nitrogen and oxygen atoms in total. The summed E-state index contributed by atoms with van der Waals surface area (Å²) in [5.41, 5.74) is -1.23. The van der Waals surface area contributed by atoms with Crippen LogP contribution in [0.5, 0.6) is 0 Å². The number of nitrogens with zero attached hydrogens (tertiary/aromatic N) is 1. The van der Waals surface area contributed by atoms with Gasteiger partial charge in [-0.1, -0.05) is 54.5 Å². The number of carbonyl (C=O) groups excluding carboxylic acids is 2. The number of ketones is 1. The van der Waals surface area contributed by atoms with E-state index < -0.39 is 16.9 Å². The van der Waals surface area contributed by atoms with Gasteiger partial charge in [0.1, 0.15) is 0 Å². The number of carbonyl (C=O) groups is 2. The van der Waals surface area contributed by atoms with E-state index in [0.29, 0.717) is 6.42 Å². The molecule has 0 unspecified atom stereocenters. The highest BCUT2D eigenvalue weighted by molar-refractivity contribution is 6.02. The molecular weight excluding hydrogens is 462 g/mol. The Labute approximate surface area is 223 Å². The summed E-state index contributed by atoms with van der Waals surface area (Å²) >= 11 is 0. The zero-order valence-corrected chi connectivity index (χ0v) is 24.2. The predicted octanol–water partition coefficient (Wildman–Crippen LogP) is 6.60. The van der Waals surface area contributed by atoms with Crippen LogP contribution in [0.25, 0.3) is 4.85 Å². The highest BCUT2D eigenvalue weighted by Crippen LogP contribution is 2.76. The highest BCUT2D eigenvalue weighted by Gasteiger charge is 2.72. The topological polar surface area (TPSA) is 68.0 Å². The van der Waals surface area contributed by atoms with Crippen LogP contribution < -0.4 is 0 Å². The number of esters is 1. The quantitative estimate of drug-likeness (QED) is 0.319. The molecule has 0 aromatic heterocycles. The number of Topliss-reactive ketones (excluding diaryl/α,β-unsaturated/α-hetero) is 1. The van der Waals surface area contributed by atoms with Crippen molar-refractivity contribution in [2.75, 3.05) is 7.11 Å². The lowest BCUT2D eigenvalue weighted by Gasteiger charge is -2.73. The molecule has 0 radical (unpaired) electrons. The SMILES string of the molecule is [C-]#[N+]C1=C[C@]2(C)[C@H]3C[C@@H](O)[C@@H]4[C@@H]5CC(C)(C)CC[C@]5(C(=O)OC)CC[C@@]4(C)[C@]3(C)CC[C@H]2C(C)(C)C1=O. The molecule has 37 heavy (non-hydrogen) atoms. The van der Waals surface area contributed by atoms with Crippen LogP contribution in [-0.4, -0.2) is 30.1 Å². The number of allylic oxidation sites excluding steroid dienone is 2. The molecule has 5 aliphatic rings. The molecule has 0 aromatic carbocycles. The van der Waals surface area contributed by atoms with Crippen molar-refractivity contribution >= 4 is 11.8 Å². The summed E-state index contributed by atoms with van der Waals surface area (Å²) in [5.74, 6) is 0.334. The number of fused-ring (bicyclic) bond motifs is 7. The van der Waals surface area contributed by atoms with Crippen molar-refractivity contribution in [3.05, 3.63) is 23.2 Å². The molecular formula is C32H47NO4. The average Bonchev–Trinajstić information content (AvgIpc) is 2.82. The Balaban J connectivity index is 1.64. The van der Waals surface area contributed by atoms with Gasteiger partial charge in [-0.05, 0) is 96.7 Å². The summed E-state index contributed by atoms with van der Waals surface area (Å²) in [6.45, 7) is 23.5. The van der Waals surface area contributed by atoms with Gasteiger partial charge in [0, 0.05) is 5.41 Å². The summed E-state index contributed by atoms with van der Waals surface area (Å²) in [7, 11) is 1.52. The fraction of sp³-hybridized carbons (Fsp3) is 0.844. The first-order valence-electron chi connectivity index (χ1n) is 14.5. The molecule has 0 aromatic rings. The lowest BCUT2D eigenvalue weighted by atomic mass is 9.31. The molecule has 1 N–H and O–H groups in total. The van der Waals surface area contributed by atoms with E-state index in [1.807, 2.05) is 19.9 Å². The molecule has 5 heteroatoms. The van der Waals surface area contributed by atoms with E-state index in [0.717, 1.165) is 44.9 Å². The van der Waals surface area contributed by atoms with Gasteiger partial charge in [-0.2, -0.15) is 0 Å². The number of methoxy groups -OCH3 is 1. The largest absolute Gasteiger partial charge is 0.469 e. The minimum absolute atomic E-state index is 0.0287. The number of aliphatic hydroxyl groups is 1. The van der Waals surface area contributed by atoms with Gasteiger partial charge in [-0.25, -0.2) is 4.85 Å². The smallest absolute Gasteiger partial charge is 0.312 e. The number of ether oxygens (including phenoxy) is 1. The highest BCUT2D eigenvalue weighted by atomic mass is 16.5. The summed E-state index contributed by atoms with van der Waals surface area (Å²) in [5, 5.41) is 12.1. The Morgan fingerprint density at radius 1 is 1.00 bits per heavy atom. The first-order valence-corrected chi connectivity index (χ1v) is 14.5. The van der Waals surface area contributed by atoms with Crippen molar-refractivity contribution in [2.45, 2.75) is 106 Å². The lowest BCUT2D eigenvalue weighted by Crippen LogP contribution is -2.70. The third-order valence-corrected chi connectivity index (χ3v) is 13.3. The van der Waals surface area contributed by atoms with Gasteiger partial charge in [0.25, 0.3) is 0 Å². The van der Waals surface area contributed by atoms with Crippen LogP contribution in [0.3, 0.4) is 0 Å². The Kier molecular flexibility index (Phi) is 5.77. The maximum Gasteiger partial charge on any atom is 0.312 e. The van der Waals surface area contributed by atoms with Crippen LogP contribution in [-0.2, 0) is 14.3 Å². The van der Waals surface area contributed by atoms with Crippen LogP contribution in [0.4, 0.5) is 0 Å². The van der Waals surface area contributed by atoms with Crippen molar-refractivity contribution in [3.8, 4) is 0 Å². The summed E-state index contributed by atoms with van der Waals surface area (Å²) in [4.78, 5) is 30.4. The van der Waals surface area contributed by atoms with E-state index in [1.54, 1.807) is 0 Å². The molecule has 204 valence electrons. The zero-order chi connectivity index (χ0) is 27.4. The Morgan fingerprint density at radius 2 is 1.65 bits per heavy atom. The average molecular weight is 510 g/mol. The van der Waals surface area contributed by atoms with Crippen molar-refractivity contribution in [1.29, 1.82) is 0 Å². The van der Waals surface area contributed by atoms with Gasteiger partial charge in [0.2, 0.25) is 5.70 Å². The van der Waals surface area contributed by atoms with Crippen molar-refractivity contribution in [2.24, 2.45) is 56.2 Å². The second-order valence-corrected chi connectivity index (χ2v) is 15.5. The number of rotatable bonds is 1. The van der Waals surface area contributed by atoms with Crippen LogP contribution in [0.15, 0.2) is 11.8 Å². The van der Waals surface area contributed by atoms with Crippen LogP contribution in [0, 0.1) is 62.7 Å². The molecule has 5 rings (SSSR count). The standard InChI is InChI=1S/C32H47NO4/c1-27(2)12-14-32(26(36)37-9)15-13-31(7)24(19(32)17-27)21(34)16-23-29(5)18-20(33-8)25(35)28(3,4)22(29)10-11-30(23,31)6/h18-19,21-24,34H,10-17H2,1-7,9H3/t19-,21+,22-,23+,24-,29-,30+,31+,32-/m0/s1. The Hall–Kier alpha value is -1.67. The summed E-state index contributed by atoms with van der Waals surface area (Å²) < 4.78 is 5.45. The number of hydrogen-bond donors (Lipinski definition) is 1. The maximum atomic E-state index is 13.4. The number of aliphatic hydroxyl groups excluding tert-OH is 1. The molecule has 0 heterocycles. The van der Waals surface area contributed by atoms with Crippen LogP contribution >= 0.6 is 0 Å². The maximum absolute atomic E-state index is 13.4. The zero-order valence-electron chi connectivity index (χ0n) is 24.2. The molecule has 4 fully saturated rings. The van der Waals surface area contributed by atoms with Gasteiger partial charge >= 0.3 is 5.97 Å². The van der Waals surface area contributed by atoms with Crippen LogP contribution in [0.1, 0.15) is 99.8 Å². The molecule has 0 bridgehead atoms. The van der Waals surface area contributed by atoms with Gasteiger partial charge in [0.15, 0.2) is 5.78 Å². The Morgan fingerprint density at radius 3 is 2.27 bits per heavy atom. The third-order valence-electron chi connectivity index (χ3n) is 13.3.